The molecule has 1 aliphatic rings. The Balaban J connectivity index is 1.67. The van der Waals surface area contributed by atoms with E-state index in [1.165, 1.54) is 15.9 Å². The highest BCUT2D eigenvalue weighted by Gasteiger charge is 2.31. The number of likely N-dealkylation sites (tertiary alicyclic amines) is 1. The van der Waals surface area contributed by atoms with Crippen LogP contribution >= 0.6 is 27.3 Å². The van der Waals surface area contributed by atoms with Gasteiger partial charge in [-0.3, -0.25) is 0 Å². The molecule has 0 N–H and O–H groups in total. The quantitative estimate of drug-likeness (QED) is 0.724. The Morgan fingerprint density at radius 2 is 2.04 bits per heavy atom. The second kappa shape index (κ2) is 6.01. The van der Waals surface area contributed by atoms with Crippen LogP contribution in [0.2, 0.25) is 0 Å². The summed E-state index contributed by atoms with van der Waals surface area (Å²) in [6.07, 6.45) is 1.03. The molecular formula is C14H18BrFN4O2S. The third kappa shape index (κ3) is 3.50. The highest BCUT2D eigenvalue weighted by atomic mass is 79.9. The van der Waals surface area contributed by atoms with Crippen LogP contribution in [-0.4, -0.2) is 44.3 Å². The molecule has 3 rings (SSSR count). The molecule has 0 unspecified atom stereocenters. The summed E-state index contributed by atoms with van der Waals surface area (Å²) >= 11 is 4.52. The van der Waals surface area contributed by atoms with Crippen LogP contribution in [0.25, 0.3) is 4.96 Å². The van der Waals surface area contributed by atoms with Crippen molar-refractivity contribution in [2.75, 3.05) is 13.1 Å². The third-order valence-electron chi connectivity index (χ3n) is 3.68. The number of ether oxygens (including phenoxy) is 1. The molecule has 2 aromatic heterocycles. The Morgan fingerprint density at radius 1 is 1.39 bits per heavy atom. The maximum atomic E-state index is 14.4. The SMILES string of the molecule is CC(C)(C)OC(=O)N1CCC(c2nc3sc(Br)nn3c2F)CC1. The Hall–Kier alpha value is -1.22. The van der Waals surface area contributed by atoms with Gasteiger partial charge in [-0.15, -0.1) is 5.10 Å². The van der Waals surface area contributed by atoms with Gasteiger partial charge in [-0.25, -0.2) is 9.78 Å². The van der Waals surface area contributed by atoms with Crippen molar-refractivity contribution in [1.29, 1.82) is 0 Å². The molecule has 0 aliphatic carbocycles. The summed E-state index contributed by atoms with van der Waals surface area (Å²) in [5, 5.41) is 4.04. The van der Waals surface area contributed by atoms with Crippen LogP contribution in [0.15, 0.2) is 3.92 Å². The summed E-state index contributed by atoms with van der Waals surface area (Å²) in [5.74, 6) is -0.404. The first-order valence-electron chi connectivity index (χ1n) is 7.43. The lowest BCUT2D eigenvalue weighted by Crippen LogP contribution is -2.41. The number of imidazole rings is 1. The van der Waals surface area contributed by atoms with Gasteiger partial charge in [0.15, 0.2) is 3.92 Å². The molecule has 0 bridgehead atoms. The van der Waals surface area contributed by atoms with E-state index >= 15 is 0 Å². The molecule has 9 heteroatoms. The fraction of sp³-hybridized carbons (Fsp3) is 0.643. The topological polar surface area (TPSA) is 59.7 Å². The summed E-state index contributed by atoms with van der Waals surface area (Å²) < 4.78 is 21.6. The van der Waals surface area contributed by atoms with Crippen LogP contribution in [0.3, 0.4) is 0 Å². The Bertz CT molecular complexity index is 731. The number of fused-ring (bicyclic) bond motifs is 1. The van der Waals surface area contributed by atoms with Gasteiger partial charge in [-0.2, -0.15) is 8.91 Å². The molecular weight excluding hydrogens is 387 g/mol. The summed E-state index contributed by atoms with van der Waals surface area (Å²) in [7, 11) is 0. The molecule has 0 aromatic carbocycles. The first-order chi connectivity index (χ1) is 10.7. The first kappa shape index (κ1) is 16.6. The van der Waals surface area contributed by atoms with Crippen LogP contribution < -0.4 is 0 Å². The summed E-state index contributed by atoms with van der Waals surface area (Å²) in [6.45, 7) is 6.62. The first-order valence-corrected chi connectivity index (χ1v) is 9.04. The predicted octanol–water partition coefficient (Wildman–Crippen LogP) is 3.81. The van der Waals surface area contributed by atoms with Crippen LogP contribution in [-0.2, 0) is 4.74 Å². The van der Waals surface area contributed by atoms with Crippen molar-refractivity contribution in [3.8, 4) is 0 Å². The maximum absolute atomic E-state index is 14.4. The van der Waals surface area contributed by atoms with Crippen molar-refractivity contribution in [3.05, 3.63) is 15.6 Å². The van der Waals surface area contributed by atoms with Crippen molar-refractivity contribution in [3.63, 3.8) is 0 Å². The van der Waals surface area contributed by atoms with Gasteiger partial charge < -0.3 is 9.64 Å². The zero-order valence-electron chi connectivity index (χ0n) is 13.2. The molecule has 1 fully saturated rings. The van der Waals surface area contributed by atoms with E-state index in [9.17, 15) is 9.18 Å². The number of hydrogen-bond acceptors (Lipinski definition) is 5. The van der Waals surface area contributed by atoms with Crippen LogP contribution in [0.1, 0.15) is 45.2 Å². The van der Waals surface area contributed by atoms with Gasteiger partial charge in [0.05, 0.1) is 0 Å². The number of nitrogens with zero attached hydrogens (tertiary/aromatic N) is 4. The molecule has 126 valence electrons. The van der Waals surface area contributed by atoms with Gasteiger partial charge >= 0.3 is 6.09 Å². The average molecular weight is 405 g/mol. The van der Waals surface area contributed by atoms with E-state index in [4.69, 9.17) is 4.74 Å². The van der Waals surface area contributed by atoms with E-state index in [1.54, 1.807) is 4.90 Å². The van der Waals surface area contributed by atoms with E-state index in [2.05, 4.69) is 26.0 Å². The Labute approximate surface area is 145 Å². The lowest BCUT2D eigenvalue weighted by atomic mass is 9.94. The molecule has 0 saturated carbocycles. The second-order valence-electron chi connectivity index (χ2n) is 6.58. The molecule has 23 heavy (non-hydrogen) atoms. The molecule has 3 heterocycles. The van der Waals surface area contributed by atoms with Crippen LogP contribution in [0.5, 0.6) is 0 Å². The zero-order chi connectivity index (χ0) is 16.8. The predicted molar refractivity (Wildman–Crippen MR) is 88.3 cm³/mol. The van der Waals surface area contributed by atoms with Gasteiger partial charge in [-0.1, -0.05) is 11.3 Å². The highest BCUT2D eigenvalue weighted by molar-refractivity contribution is 9.11. The Kier molecular flexibility index (Phi) is 4.35. The number of rotatable bonds is 1. The van der Waals surface area contributed by atoms with E-state index in [0.29, 0.717) is 40.5 Å². The minimum Gasteiger partial charge on any atom is -0.444 e. The largest absolute Gasteiger partial charge is 0.444 e. The molecule has 0 spiro atoms. The number of carbonyl (C=O) groups excluding carboxylic acids is 1. The molecule has 6 nitrogen and oxygen atoms in total. The maximum Gasteiger partial charge on any atom is 0.410 e. The third-order valence-corrected chi connectivity index (χ3v) is 5.02. The molecule has 1 saturated heterocycles. The summed E-state index contributed by atoms with van der Waals surface area (Å²) in [6, 6.07) is 0. The normalized spacial score (nSPS) is 17.0. The number of aromatic nitrogens is 3. The minimum absolute atomic E-state index is 0.00126. The lowest BCUT2D eigenvalue weighted by Gasteiger charge is -2.32. The molecule has 1 amide bonds. The molecule has 2 aromatic rings. The van der Waals surface area contributed by atoms with E-state index < -0.39 is 11.5 Å². The summed E-state index contributed by atoms with van der Waals surface area (Å²) in [4.78, 5) is 18.6. The van der Waals surface area contributed by atoms with Crippen molar-refractivity contribution >= 4 is 38.3 Å². The number of halogens is 2. The van der Waals surface area contributed by atoms with Crippen LogP contribution in [0.4, 0.5) is 9.18 Å². The fourth-order valence-electron chi connectivity index (χ4n) is 2.64. The zero-order valence-corrected chi connectivity index (χ0v) is 15.6. The van der Waals surface area contributed by atoms with Gasteiger partial charge in [0, 0.05) is 19.0 Å². The molecule has 0 radical (unpaired) electrons. The monoisotopic (exact) mass is 404 g/mol. The summed E-state index contributed by atoms with van der Waals surface area (Å²) in [5.41, 5.74) is -0.0621. The Morgan fingerprint density at radius 3 is 2.61 bits per heavy atom. The average Bonchev–Trinajstić information content (AvgIpc) is 2.95. The van der Waals surface area contributed by atoms with Gasteiger partial charge in [-0.05, 0) is 49.5 Å². The molecule has 1 aliphatic heterocycles. The van der Waals surface area contributed by atoms with E-state index in [1.807, 2.05) is 20.8 Å². The van der Waals surface area contributed by atoms with Crippen molar-refractivity contribution in [1.82, 2.24) is 19.5 Å². The van der Waals surface area contributed by atoms with Crippen LogP contribution in [0, 0.1) is 5.95 Å². The fourth-order valence-corrected chi connectivity index (χ4v) is 3.86. The van der Waals surface area contributed by atoms with Crippen molar-refractivity contribution in [2.45, 2.75) is 45.1 Å². The van der Waals surface area contributed by atoms with Crippen molar-refractivity contribution < 1.29 is 13.9 Å². The highest BCUT2D eigenvalue weighted by Crippen LogP contribution is 2.32. The minimum atomic E-state index is -0.507. The number of carbonyl (C=O) groups is 1. The second-order valence-corrected chi connectivity index (χ2v) is 8.81. The lowest BCUT2D eigenvalue weighted by molar-refractivity contribution is 0.0203. The number of piperidine rings is 1. The number of hydrogen-bond donors (Lipinski definition) is 0. The molecule has 0 atom stereocenters. The smallest absolute Gasteiger partial charge is 0.410 e. The van der Waals surface area contributed by atoms with E-state index in [-0.39, 0.29) is 12.0 Å². The standard InChI is InChI=1S/C14H18BrFN4O2S/c1-14(2,3)22-13(21)19-6-4-8(5-7-19)9-10(16)20-12(17-9)23-11(15)18-20/h8H,4-7H2,1-3H3. The van der Waals surface area contributed by atoms with E-state index in [0.717, 1.165) is 0 Å². The van der Waals surface area contributed by atoms with Gasteiger partial charge in [0.25, 0.3) is 0 Å². The number of amides is 1. The van der Waals surface area contributed by atoms with Gasteiger partial charge in [0.1, 0.15) is 11.3 Å². The van der Waals surface area contributed by atoms with Gasteiger partial charge in [0.2, 0.25) is 10.9 Å². The van der Waals surface area contributed by atoms with Crippen molar-refractivity contribution in [2.24, 2.45) is 0 Å².